The number of rotatable bonds is 8. The van der Waals surface area contributed by atoms with Crippen LogP contribution in [-0.2, 0) is 0 Å². The Balaban J connectivity index is 3.20. The lowest BCUT2D eigenvalue weighted by atomic mass is 10.1. The third kappa shape index (κ3) is 12.7. The van der Waals surface area contributed by atoms with E-state index >= 15 is 0 Å². The van der Waals surface area contributed by atoms with Crippen molar-refractivity contribution >= 4 is 0 Å². The van der Waals surface area contributed by atoms with Gasteiger partial charge in [0.05, 0.1) is 12.5 Å². The zero-order valence-electron chi connectivity index (χ0n) is 9.65. The first-order chi connectivity index (χ1) is 7.41. The Morgan fingerprint density at radius 1 is 0.933 bits per heavy atom. The van der Waals surface area contributed by atoms with Crippen LogP contribution in [0.4, 0.5) is 0 Å². The van der Waals surface area contributed by atoms with Crippen LogP contribution in [0.15, 0.2) is 36.5 Å². The average Bonchev–Trinajstić information content (AvgIpc) is 2.26. The summed E-state index contributed by atoms with van der Waals surface area (Å²) in [6.07, 6.45) is 19.1. The van der Waals surface area contributed by atoms with Gasteiger partial charge in [0.15, 0.2) is 0 Å². The minimum absolute atomic E-state index is 0.508. The smallest absolute Gasteiger partial charge is 0.0663 e. The maximum absolute atomic E-state index is 8.28. The Kier molecular flexibility index (Phi) is 11.6. The monoisotopic (exact) mass is 203 g/mol. The summed E-state index contributed by atoms with van der Waals surface area (Å²) < 4.78 is 0. The van der Waals surface area contributed by atoms with Crippen LogP contribution in [0, 0.1) is 11.3 Å². The second-order valence-electron chi connectivity index (χ2n) is 3.43. The fourth-order valence-electron chi connectivity index (χ4n) is 1.24. The molecule has 0 aromatic rings. The average molecular weight is 203 g/mol. The summed E-state index contributed by atoms with van der Waals surface area (Å²) in [5.74, 6) is 0. The number of allylic oxidation sites excluding steroid dienone is 6. The van der Waals surface area contributed by atoms with Gasteiger partial charge >= 0.3 is 0 Å². The van der Waals surface area contributed by atoms with Gasteiger partial charge in [-0.05, 0) is 32.6 Å². The van der Waals surface area contributed by atoms with Crippen molar-refractivity contribution in [3.63, 3.8) is 0 Å². The van der Waals surface area contributed by atoms with Crippen LogP contribution >= 0.6 is 0 Å². The summed E-state index contributed by atoms with van der Waals surface area (Å²) in [6, 6.07) is 2.07. The van der Waals surface area contributed by atoms with Gasteiger partial charge in [0.25, 0.3) is 0 Å². The first-order valence-corrected chi connectivity index (χ1v) is 5.71. The lowest BCUT2D eigenvalue weighted by molar-refractivity contribution is 0.696. The highest BCUT2D eigenvalue weighted by atomic mass is 14.2. The third-order valence-electron chi connectivity index (χ3n) is 2.07. The lowest BCUT2D eigenvalue weighted by Gasteiger charge is -1.94. The Hall–Kier alpha value is -1.29. The van der Waals surface area contributed by atoms with Gasteiger partial charge in [-0.1, -0.05) is 42.9 Å². The van der Waals surface area contributed by atoms with Crippen LogP contribution in [0.2, 0.25) is 0 Å². The van der Waals surface area contributed by atoms with Gasteiger partial charge < -0.3 is 0 Å². The van der Waals surface area contributed by atoms with Crippen LogP contribution in [-0.4, -0.2) is 0 Å². The molecule has 0 aliphatic rings. The molecule has 0 unspecified atom stereocenters. The first kappa shape index (κ1) is 13.7. The summed E-state index contributed by atoms with van der Waals surface area (Å²) in [5, 5.41) is 8.28. The second kappa shape index (κ2) is 12.7. The fraction of sp³-hybridized carbons (Fsp3) is 0.500. The number of hydrogen-bond acceptors (Lipinski definition) is 1. The maximum Gasteiger partial charge on any atom is 0.0663 e. The predicted molar refractivity (Wildman–Crippen MR) is 66.4 cm³/mol. The molecule has 0 radical (unpaired) electrons. The minimum atomic E-state index is 0.508. The molecule has 0 aromatic carbocycles. The molecule has 0 spiro atoms. The zero-order valence-corrected chi connectivity index (χ0v) is 9.65. The van der Waals surface area contributed by atoms with Crippen molar-refractivity contribution in [1.29, 1.82) is 5.26 Å². The highest BCUT2D eigenvalue weighted by Crippen LogP contribution is 2.04. The molecule has 0 bridgehead atoms. The quantitative estimate of drug-likeness (QED) is 0.323. The summed E-state index contributed by atoms with van der Waals surface area (Å²) in [4.78, 5) is 0. The molecule has 0 aliphatic heterocycles. The molecule has 0 atom stereocenters. The van der Waals surface area contributed by atoms with E-state index in [1.807, 2.05) is 18.2 Å². The van der Waals surface area contributed by atoms with Crippen LogP contribution in [0.5, 0.6) is 0 Å². The number of nitrogens with zero attached hydrogens (tertiary/aromatic N) is 1. The van der Waals surface area contributed by atoms with Crippen molar-refractivity contribution < 1.29 is 0 Å². The zero-order chi connectivity index (χ0) is 11.2. The molecule has 0 heterocycles. The predicted octanol–water partition coefficient (Wildman–Crippen LogP) is 4.54. The Morgan fingerprint density at radius 2 is 1.60 bits per heavy atom. The molecule has 0 rings (SSSR count). The molecule has 1 nitrogen and oxygen atoms in total. The molecule has 0 saturated carbocycles. The molecule has 0 aromatic heterocycles. The lowest BCUT2D eigenvalue weighted by Crippen LogP contribution is -1.74. The molecular weight excluding hydrogens is 182 g/mol. The molecule has 15 heavy (non-hydrogen) atoms. The molecular formula is C14H21N. The van der Waals surface area contributed by atoms with Crippen LogP contribution in [0.25, 0.3) is 0 Å². The maximum atomic E-state index is 8.28. The summed E-state index contributed by atoms with van der Waals surface area (Å²) in [5.41, 5.74) is 0. The molecule has 0 fully saturated rings. The van der Waals surface area contributed by atoms with Crippen LogP contribution < -0.4 is 0 Å². The molecule has 0 amide bonds. The van der Waals surface area contributed by atoms with E-state index in [-0.39, 0.29) is 0 Å². The third-order valence-corrected chi connectivity index (χ3v) is 2.07. The number of unbranched alkanes of at least 4 members (excludes halogenated alkanes) is 4. The number of nitriles is 1. The molecule has 0 saturated heterocycles. The molecule has 82 valence electrons. The van der Waals surface area contributed by atoms with Crippen molar-refractivity contribution in [2.75, 3.05) is 0 Å². The molecule has 1 heteroatoms. The molecule has 0 N–H and O–H groups in total. The number of hydrogen-bond donors (Lipinski definition) is 0. The normalized spacial score (nSPS) is 11.7. The van der Waals surface area contributed by atoms with Gasteiger partial charge in [0.2, 0.25) is 0 Å². The van der Waals surface area contributed by atoms with E-state index in [0.29, 0.717) is 6.42 Å². The van der Waals surface area contributed by atoms with E-state index in [1.54, 1.807) is 0 Å². The standard InChI is InChI=1S/C14H21N/c1-2-3-4-5-6-7-8-9-10-11-12-13-14-15/h2-3,9-12H,4-8,13H2,1H3/b3-2+,10-9+,12-11+. The van der Waals surface area contributed by atoms with Gasteiger partial charge in [-0.2, -0.15) is 5.26 Å². The van der Waals surface area contributed by atoms with E-state index in [2.05, 4.69) is 31.2 Å². The van der Waals surface area contributed by atoms with Gasteiger partial charge in [0.1, 0.15) is 0 Å². The van der Waals surface area contributed by atoms with Crippen molar-refractivity contribution in [2.24, 2.45) is 0 Å². The van der Waals surface area contributed by atoms with Crippen molar-refractivity contribution in [3.8, 4) is 6.07 Å². The van der Waals surface area contributed by atoms with E-state index < -0.39 is 0 Å². The van der Waals surface area contributed by atoms with Gasteiger partial charge in [-0.3, -0.25) is 0 Å². The Morgan fingerprint density at radius 3 is 2.27 bits per heavy atom. The van der Waals surface area contributed by atoms with Crippen LogP contribution in [0.3, 0.4) is 0 Å². The van der Waals surface area contributed by atoms with Crippen molar-refractivity contribution in [3.05, 3.63) is 36.5 Å². The largest absolute Gasteiger partial charge is 0.198 e. The summed E-state index contributed by atoms with van der Waals surface area (Å²) in [7, 11) is 0. The Labute approximate surface area is 93.8 Å². The van der Waals surface area contributed by atoms with E-state index in [0.717, 1.165) is 6.42 Å². The van der Waals surface area contributed by atoms with E-state index in [9.17, 15) is 0 Å². The molecule has 0 aliphatic carbocycles. The highest BCUT2D eigenvalue weighted by Gasteiger charge is 1.84. The van der Waals surface area contributed by atoms with E-state index in [1.165, 1.54) is 25.7 Å². The van der Waals surface area contributed by atoms with Gasteiger partial charge in [-0.25, -0.2) is 0 Å². The van der Waals surface area contributed by atoms with Crippen molar-refractivity contribution in [2.45, 2.75) is 45.4 Å². The fourth-order valence-corrected chi connectivity index (χ4v) is 1.24. The SMILES string of the molecule is C/C=C/CCCCC/C=C/C=C/CC#N. The van der Waals surface area contributed by atoms with Gasteiger partial charge in [0, 0.05) is 0 Å². The minimum Gasteiger partial charge on any atom is -0.198 e. The topological polar surface area (TPSA) is 23.8 Å². The van der Waals surface area contributed by atoms with Crippen molar-refractivity contribution in [1.82, 2.24) is 0 Å². The van der Waals surface area contributed by atoms with E-state index in [4.69, 9.17) is 5.26 Å². The summed E-state index contributed by atoms with van der Waals surface area (Å²) in [6.45, 7) is 2.07. The van der Waals surface area contributed by atoms with Crippen LogP contribution in [0.1, 0.15) is 45.4 Å². The van der Waals surface area contributed by atoms with Gasteiger partial charge in [-0.15, -0.1) is 0 Å². The Bertz CT molecular complexity index is 241. The second-order valence-corrected chi connectivity index (χ2v) is 3.43. The highest BCUT2D eigenvalue weighted by molar-refractivity contribution is 5.04. The summed E-state index contributed by atoms with van der Waals surface area (Å²) >= 11 is 0. The first-order valence-electron chi connectivity index (χ1n) is 5.71.